The highest BCUT2D eigenvalue weighted by Gasteiger charge is 2.42. The minimum absolute atomic E-state index is 0.00927. The lowest BCUT2D eigenvalue weighted by Crippen LogP contribution is -2.31. The van der Waals surface area contributed by atoms with Gasteiger partial charge in [0.1, 0.15) is 17.1 Å². The molecule has 1 atom stereocenters. The SMILES string of the molecule is CC(C)CCOc1cccc(C2c3c(oc4ccc(F)cc4c3=O)C(=O)N2CCCOC(C)C)c1. The van der Waals surface area contributed by atoms with E-state index in [4.69, 9.17) is 13.9 Å². The van der Waals surface area contributed by atoms with Crippen LogP contribution < -0.4 is 10.2 Å². The second-order valence-electron chi connectivity index (χ2n) is 9.59. The van der Waals surface area contributed by atoms with Crippen LogP contribution in [0.25, 0.3) is 11.0 Å². The Morgan fingerprint density at radius 2 is 1.86 bits per heavy atom. The lowest BCUT2D eigenvalue weighted by molar-refractivity contribution is 0.0593. The molecule has 1 aromatic heterocycles. The largest absolute Gasteiger partial charge is 0.494 e. The molecule has 6 nitrogen and oxygen atoms in total. The van der Waals surface area contributed by atoms with Crippen LogP contribution >= 0.6 is 0 Å². The molecule has 2 aromatic carbocycles. The molecule has 0 radical (unpaired) electrons. The Kier molecular flexibility index (Phi) is 7.55. The summed E-state index contributed by atoms with van der Waals surface area (Å²) >= 11 is 0. The van der Waals surface area contributed by atoms with Crippen molar-refractivity contribution in [2.75, 3.05) is 19.8 Å². The van der Waals surface area contributed by atoms with Crippen LogP contribution in [0.5, 0.6) is 5.75 Å². The monoisotopic (exact) mass is 481 g/mol. The first kappa shape index (κ1) is 24.9. The third kappa shape index (κ3) is 5.40. The van der Waals surface area contributed by atoms with Crippen LogP contribution in [0.4, 0.5) is 4.39 Å². The molecular formula is C28H32FNO5. The molecule has 4 rings (SSSR count). The summed E-state index contributed by atoms with van der Waals surface area (Å²) in [5.74, 6) is 0.301. The minimum Gasteiger partial charge on any atom is -0.494 e. The van der Waals surface area contributed by atoms with Crippen LogP contribution in [0.2, 0.25) is 0 Å². The highest BCUT2D eigenvalue weighted by molar-refractivity contribution is 5.99. The number of rotatable bonds is 10. The van der Waals surface area contributed by atoms with Gasteiger partial charge in [0.15, 0.2) is 5.43 Å². The van der Waals surface area contributed by atoms with Gasteiger partial charge in [0.25, 0.3) is 5.91 Å². The Bertz CT molecular complexity index is 1270. The van der Waals surface area contributed by atoms with Crippen molar-refractivity contribution in [1.29, 1.82) is 0 Å². The fourth-order valence-electron chi connectivity index (χ4n) is 4.31. The molecule has 0 spiro atoms. The van der Waals surface area contributed by atoms with E-state index >= 15 is 0 Å². The van der Waals surface area contributed by atoms with E-state index in [9.17, 15) is 14.0 Å². The molecule has 186 valence electrons. The van der Waals surface area contributed by atoms with E-state index in [2.05, 4.69) is 13.8 Å². The van der Waals surface area contributed by atoms with Gasteiger partial charge in [-0.05, 0) is 68.5 Å². The molecule has 0 fully saturated rings. The van der Waals surface area contributed by atoms with Gasteiger partial charge in [-0.1, -0.05) is 26.0 Å². The first-order valence-corrected chi connectivity index (χ1v) is 12.2. The van der Waals surface area contributed by atoms with Crippen molar-refractivity contribution in [2.45, 2.75) is 52.7 Å². The quantitative estimate of drug-likeness (QED) is 0.347. The van der Waals surface area contributed by atoms with E-state index in [-0.39, 0.29) is 34.3 Å². The first-order valence-electron chi connectivity index (χ1n) is 12.2. The minimum atomic E-state index is -0.658. The fourth-order valence-corrected chi connectivity index (χ4v) is 4.31. The van der Waals surface area contributed by atoms with Gasteiger partial charge in [-0.25, -0.2) is 4.39 Å². The molecule has 7 heteroatoms. The number of ether oxygens (including phenoxy) is 2. The van der Waals surface area contributed by atoms with Crippen LogP contribution in [0.3, 0.4) is 0 Å². The number of halogens is 1. The predicted molar refractivity (Wildman–Crippen MR) is 132 cm³/mol. The number of benzene rings is 2. The standard InChI is InChI=1S/C28H32FNO5/c1-17(2)11-14-34-21-8-5-7-19(15-21)25-24-26(31)22-16-20(29)9-10-23(22)35-27(24)28(32)30(25)12-6-13-33-18(3)4/h5,7-10,15-18,25H,6,11-14H2,1-4H3. The van der Waals surface area contributed by atoms with Gasteiger partial charge in [-0.3, -0.25) is 9.59 Å². The smallest absolute Gasteiger partial charge is 0.290 e. The third-order valence-electron chi connectivity index (χ3n) is 6.06. The highest BCUT2D eigenvalue weighted by atomic mass is 19.1. The summed E-state index contributed by atoms with van der Waals surface area (Å²) in [7, 11) is 0. The van der Waals surface area contributed by atoms with Crippen molar-refractivity contribution < 1.29 is 23.1 Å². The second-order valence-corrected chi connectivity index (χ2v) is 9.59. The fraction of sp³-hybridized carbons (Fsp3) is 0.429. The molecule has 2 heterocycles. The normalized spacial score (nSPS) is 15.5. The third-order valence-corrected chi connectivity index (χ3v) is 6.06. The molecule has 1 aliphatic rings. The van der Waals surface area contributed by atoms with Gasteiger partial charge < -0.3 is 18.8 Å². The van der Waals surface area contributed by atoms with E-state index < -0.39 is 17.3 Å². The number of hydrogen-bond donors (Lipinski definition) is 0. The molecule has 3 aromatic rings. The predicted octanol–water partition coefficient (Wildman–Crippen LogP) is 5.72. The molecule has 0 aliphatic carbocycles. The lowest BCUT2D eigenvalue weighted by Gasteiger charge is -2.25. The topological polar surface area (TPSA) is 69.0 Å². The van der Waals surface area contributed by atoms with Crippen molar-refractivity contribution in [2.24, 2.45) is 5.92 Å². The van der Waals surface area contributed by atoms with E-state index in [1.54, 1.807) is 4.90 Å². The highest BCUT2D eigenvalue weighted by Crippen LogP contribution is 2.39. The van der Waals surface area contributed by atoms with Crippen LogP contribution in [0, 0.1) is 11.7 Å². The maximum Gasteiger partial charge on any atom is 0.290 e. The molecule has 1 unspecified atom stereocenters. The zero-order chi connectivity index (χ0) is 25.1. The first-order chi connectivity index (χ1) is 16.8. The number of carbonyl (C=O) groups is 1. The van der Waals surface area contributed by atoms with Crippen molar-refractivity contribution >= 4 is 16.9 Å². The Morgan fingerprint density at radius 1 is 1.06 bits per heavy atom. The summed E-state index contributed by atoms with van der Waals surface area (Å²) in [6, 6.07) is 10.5. The molecule has 0 saturated heterocycles. The molecule has 0 N–H and O–H groups in total. The molecule has 1 aliphatic heterocycles. The van der Waals surface area contributed by atoms with Gasteiger partial charge >= 0.3 is 0 Å². The molecule has 35 heavy (non-hydrogen) atoms. The van der Waals surface area contributed by atoms with Crippen LogP contribution in [-0.4, -0.2) is 36.7 Å². The average Bonchev–Trinajstić information content (AvgIpc) is 3.09. The number of carbonyl (C=O) groups excluding carboxylic acids is 1. The number of fused-ring (bicyclic) bond motifs is 2. The summed E-state index contributed by atoms with van der Waals surface area (Å²) in [6.07, 6.45) is 1.60. The molecule has 0 saturated carbocycles. The van der Waals surface area contributed by atoms with E-state index in [0.29, 0.717) is 37.8 Å². The average molecular weight is 482 g/mol. The van der Waals surface area contributed by atoms with E-state index in [1.165, 1.54) is 12.1 Å². The number of amides is 1. The van der Waals surface area contributed by atoms with Gasteiger partial charge in [-0.15, -0.1) is 0 Å². The maximum atomic E-state index is 14.0. The van der Waals surface area contributed by atoms with Crippen LogP contribution in [0.1, 0.15) is 68.3 Å². The van der Waals surface area contributed by atoms with Crippen molar-refractivity contribution in [3.05, 3.63) is 75.4 Å². The van der Waals surface area contributed by atoms with Gasteiger partial charge in [0.05, 0.1) is 29.7 Å². The summed E-state index contributed by atoms with van der Waals surface area (Å²) < 4.78 is 31.4. The van der Waals surface area contributed by atoms with E-state index in [0.717, 1.165) is 18.1 Å². The Morgan fingerprint density at radius 3 is 2.60 bits per heavy atom. The molecule has 0 bridgehead atoms. The van der Waals surface area contributed by atoms with Gasteiger partial charge in [0.2, 0.25) is 5.76 Å². The van der Waals surface area contributed by atoms with E-state index in [1.807, 2.05) is 38.1 Å². The van der Waals surface area contributed by atoms with Crippen LogP contribution in [-0.2, 0) is 4.74 Å². The van der Waals surface area contributed by atoms with Gasteiger partial charge in [-0.2, -0.15) is 0 Å². The Hall–Kier alpha value is -3.19. The molecular weight excluding hydrogens is 449 g/mol. The zero-order valence-corrected chi connectivity index (χ0v) is 20.7. The maximum absolute atomic E-state index is 14.0. The van der Waals surface area contributed by atoms with Crippen molar-refractivity contribution in [3.8, 4) is 5.75 Å². The lowest BCUT2D eigenvalue weighted by atomic mass is 9.98. The van der Waals surface area contributed by atoms with Crippen LogP contribution in [0.15, 0.2) is 51.7 Å². The number of nitrogens with zero attached hydrogens (tertiary/aromatic N) is 1. The van der Waals surface area contributed by atoms with Crippen molar-refractivity contribution in [1.82, 2.24) is 4.90 Å². The Balaban J connectivity index is 1.75. The van der Waals surface area contributed by atoms with Crippen molar-refractivity contribution in [3.63, 3.8) is 0 Å². The summed E-state index contributed by atoms with van der Waals surface area (Å²) in [4.78, 5) is 28.6. The Labute approximate surface area is 204 Å². The number of hydrogen-bond acceptors (Lipinski definition) is 5. The summed E-state index contributed by atoms with van der Waals surface area (Å²) in [5, 5.41) is 0.121. The van der Waals surface area contributed by atoms with Gasteiger partial charge in [0, 0.05) is 13.2 Å². The zero-order valence-electron chi connectivity index (χ0n) is 20.7. The summed E-state index contributed by atoms with van der Waals surface area (Å²) in [5.41, 5.74) is 0.772. The second kappa shape index (κ2) is 10.6. The summed E-state index contributed by atoms with van der Waals surface area (Å²) in [6.45, 7) is 9.61. The molecule has 1 amide bonds.